The van der Waals surface area contributed by atoms with Gasteiger partial charge in [0.15, 0.2) is 0 Å². The van der Waals surface area contributed by atoms with Crippen LogP contribution in [0.2, 0.25) is 0 Å². The minimum Gasteiger partial charge on any atom is -0.455 e. The molecule has 0 aliphatic heterocycles. The lowest BCUT2D eigenvalue weighted by atomic mass is 9.91. The average Bonchev–Trinajstić information content (AvgIpc) is 3.75. The monoisotopic (exact) mass is 789 g/mol. The predicted octanol–water partition coefficient (Wildman–Crippen LogP) is 17.2. The molecule has 2 heteroatoms. The maximum absolute atomic E-state index is 7.08. The molecule has 0 fully saturated rings. The zero-order chi connectivity index (χ0) is 41.0. The van der Waals surface area contributed by atoms with Crippen molar-refractivity contribution in [3.63, 3.8) is 0 Å². The van der Waals surface area contributed by atoms with E-state index in [0.717, 1.165) is 72.4 Å². The Hall–Kier alpha value is -8.20. The molecule has 0 atom stereocenters. The quantitative estimate of drug-likeness (QED) is 0.150. The number of furan rings is 1. The summed E-state index contributed by atoms with van der Waals surface area (Å²) >= 11 is 0. The van der Waals surface area contributed by atoms with Crippen molar-refractivity contribution < 1.29 is 4.42 Å². The third-order valence-electron chi connectivity index (χ3n) is 12.4. The van der Waals surface area contributed by atoms with Crippen LogP contribution >= 0.6 is 0 Å². The molecule has 0 unspecified atom stereocenters. The SMILES string of the molecule is c1ccc(-c2cccc(-c3ccccc3N(c3ccccc3-c3ccc4ccccc4c3)c3ccc(-c4cc5ccccc5c5ccccc45)c4oc5ccccc5c34)c2)cc1. The summed E-state index contributed by atoms with van der Waals surface area (Å²) in [4.78, 5) is 2.47. The maximum atomic E-state index is 7.08. The molecule has 0 radical (unpaired) electrons. The zero-order valence-corrected chi connectivity index (χ0v) is 33.9. The minimum atomic E-state index is 0.855. The van der Waals surface area contributed by atoms with Crippen LogP contribution in [0.25, 0.3) is 98.8 Å². The number of benzene rings is 11. The number of rotatable bonds is 7. The highest BCUT2D eigenvalue weighted by Gasteiger charge is 2.26. The summed E-state index contributed by atoms with van der Waals surface area (Å²) in [5.41, 5.74) is 14.0. The molecule has 12 aromatic rings. The second kappa shape index (κ2) is 14.8. The number of para-hydroxylation sites is 3. The smallest absolute Gasteiger partial charge is 0.145 e. The van der Waals surface area contributed by atoms with Crippen LogP contribution < -0.4 is 4.90 Å². The summed E-state index contributed by atoms with van der Waals surface area (Å²) < 4.78 is 7.08. The van der Waals surface area contributed by atoms with E-state index in [1.54, 1.807) is 0 Å². The Balaban J connectivity index is 1.16. The van der Waals surface area contributed by atoms with Crippen molar-refractivity contribution in [3.8, 4) is 44.5 Å². The molecule has 1 heterocycles. The number of anilines is 3. The third kappa shape index (κ3) is 5.96. The van der Waals surface area contributed by atoms with Crippen molar-refractivity contribution in [2.24, 2.45) is 0 Å². The fraction of sp³-hybridized carbons (Fsp3) is 0. The number of hydrogen-bond donors (Lipinski definition) is 0. The topological polar surface area (TPSA) is 16.4 Å². The van der Waals surface area contributed by atoms with Gasteiger partial charge >= 0.3 is 0 Å². The van der Waals surface area contributed by atoms with Gasteiger partial charge in [-0.05, 0) is 109 Å². The lowest BCUT2D eigenvalue weighted by molar-refractivity contribution is 0.670. The van der Waals surface area contributed by atoms with Gasteiger partial charge in [-0.3, -0.25) is 0 Å². The fourth-order valence-electron chi connectivity index (χ4n) is 9.55. The first-order valence-electron chi connectivity index (χ1n) is 21.3. The Bertz CT molecular complexity index is 3650. The highest BCUT2D eigenvalue weighted by molar-refractivity contribution is 6.21. The van der Waals surface area contributed by atoms with E-state index in [2.05, 4.69) is 241 Å². The Morgan fingerprint density at radius 2 is 0.855 bits per heavy atom. The number of fused-ring (bicyclic) bond motifs is 7. The number of nitrogens with zero attached hydrogens (tertiary/aromatic N) is 1. The van der Waals surface area contributed by atoms with Crippen molar-refractivity contribution in [2.45, 2.75) is 0 Å². The van der Waals surface area contributed by atoms with Gasteiger partial charge in [0, 0.05) is 22.1 Å². The van der Waals surface area contributed by atoms with Crippen LogP contribution in [-0.4, -0.2) is 0 Å². The van der Waals surface area contributed by atoms with Gasteiger partial charge in [0.05, 0.1) is 22.4 Å². The fourth-order valence-corrected chi connectivity index (χ4v) is 9.55. The van der Waals surface area contributed by atoms with Gasteiger partial charge in [0.25, 0.3) is 0 Å². The van der Waals surface area contributed by atoms with Crippen LogP contribution in [-0.2, 0) is 0 Å². The Morgan fingerprint density at radius 3 is 1.65 bits per heavy atom. The first-order valence-corrected chi connectivity index (χ1v) is 21.3. The van der Waals surface area contributed by atoms with Crippen LogP contribution in [0.1, 0.15) is 0 Å². The molecule has 0 aliphatic rings. The zero-order valence-electron chi connectivity index (χ0n) is 33.9. The molecule has 0 spiro atoms. The largest absolute Gasteiger partial charge is 0.455 e. The van der Waals surface area contributed by atoms with Crippen LogP contribution in [0, 0.1) is 0 Å². The van der Waals surface area contributed by atoms with Gasteiger partial charge in [-0.25, -0.2) is 0 Å². The molecule has 2 nitrogen and oxygen atoms in total. The summed E-state index contributed by atoms with van der Waals surface area (Å²) in [6, 6.07) is 85.5. The average molecular weight is 790 g/mol. The van der Waals surface area contributed by atoms with Crippen LogP contribution in [0.3, 0.4) is 0 Å². The summed E-state index contributed by atoms with van der Waals surface area (Å²) in [5, 5.41) is 9.44. The van der Waals surface area contributed by atoms with Crippen molar-refractivity contribution in [3.05, 3.63) is 237 Å². The van der Waals surface area contributed by atoms with E-state index >= 15 is 0 Å². The highest BCUT2D eigenvalue weighted by Crippen LogP contribution is 2.51. The Labute approximate surface area is 360 Å². The summed E-state index contributed by atoms with van der Waals surface area (Å²) in [7, 11) is 0. The van der Waals surface area contributed by atoms with Gasteiger partial charge < -0.3 is 9.32 Å². The summed E-state index contributed by atoms with van der Waals surface area (Å²) in [5.74, 6) is 0. The molecule has 290 valence electrons. The molecule has 0 saturated carbocycles. The predicted molar refractivity (Wildman–Crippen MR) is 263 cm³/mol. The minimum absolute atomic E-state index is 0.855. The van der Waals surface area contributed by atoms with Crippen molar-refractivity contribution in [2.75, 3.05) is 4.90 Å². The van der Waals surface area contributed by atoms with E-state index in [4.69, 9.17) is 4.42 Å². The molecule has 0 N–H and O–H groups in total. The van der Waals surface area contributed by atoms with E-state index in [-0.39, 0.29) is 0 Å². The van der Waals surface area contributed by atoms with Gasteiger partial charge in [-0.2, -0.15) is 0 Å². The van der Waals surface area contributed by atoms with E-state index in [1.807, 2.05) is 0 Å². The van der Waals surface area contributed by atoms with Crippen LogP contribution in [0.4, 0.5) is 17.1 Å². The Kier molecular flexibility index (Phi) is 8.53. The van der Waals surface area contributed by atoms with E-state index in [1.165, 1.54) is 43.4 Å². The van der Waals surface area contributed by atoms with E-state index < -0.39 is 0 Å². The molecule has 0 amide bonds. The summed E-state index contributed by atoms with van der Waals surface area (Å²) in [6.07, 6.45) is 0. The first kappa shape index (κ1) is 35.7. The molecule has 11 aromatic carbocycles. The standard InChI is InChI=1S/C60H39NO/c1-2-17-40(18-3-1)43-22-16-23-44(37-43)48-25-10-13-30-55(48)61(56-31-14-11-26-49(56)46-34-33-41-19-4-5-20-42(41)38-46)57-36-35-52(60-59(57)53-29-12-15-32-58(53)62-60)54-39-45-21-6-7-24-47(45)50-27-8-9-28-51(50)54/h1-39H. The maximum Gasteiger partial charge on any atom is 0.145 e. The highest BCUT2D eigenvalue weighted by atomic mass is 16.3. The van der Waals surface area contributed by atoms with Crippen molar-refractivity contribution in [1.29, 1.82) is 0 Å². The van der Waals surface area contributed by atoms with Crippen molar-refractivity contribution in [1.82, 2.24) is 0 Å². The molecular formula is C60H39NO. The molecular weight excluding hydrogens is 751 g/mol. The molecule has 12 rings (SSSR count). The van der Waals surface area contributed by atoms with Crippen LogP contribution in [0.15, 0.2) is 241 Å². The van der Waals surface area contributed by atoms with E-state index in [9.17, 15) is 0 Å². The van der Waals surface area contributed by atoms with Gasteiger partial charge in [-0.15, -0.1) is 0 Å². The molecule has 0 saturated heterocycles. The number of hydrogen-bond acceptors (Lipinski definition) is 2. The normalized spacial score (nSPS) is 11.5. The Morgan fingerprint density at radius 1 is 0.274 bits per heavy atom. The van der Waals surface area contributed by atoms with Crippen molar-refractivity contribution >= 4 is 71.3 Å². The lowest BCUT2D eigenvalue weighted by Gasteiger charge is -2.31. The second-order valence-corrected chi connectivity index (χ2v) is 16.0. The third-order valence-corrected chi connectivity index (χ3v) is 12.4. The van der Waals surface area contributed by atoms with E-state index in [0.29, 0.717) is 0 Å². The molecule has 0 bridgehead atoms. The molecule has 0 aliphatic carbocycles. The van der Waals surface area contributed by atoms with Gasteiger partial charge in [-0.1, -0.05) is 188 Å². The lowest BCUT2D eigenvalue weighted by Crippen LogP contribution is -2.13. The van der Waals surface area contributed by atoms with Gasteiger partial charge in [0.1, 0.15) is 11.2 Å². The molecule has 62 heavy (non-hydrogen) atoms. The summed E-state index contributed by atoms with van der Waals surface area (Å²) in [6.45, 7) is 0. The van der Waals surface area contributed by atoms with Crippen LogP contribution in [0.5, 0.6) is 0 Å². The first-order chi connectivity index (χ1) is 30.8. The molecule has 1 aromatic heterocycles. The second-order valence-electron chi connectivity index (χ2n) is 16.0. The van der Waals surface area contributed by atoms with Gasteiger partial charge in [0.2, 0.25) is 0 Å².